The normalized spacial score (nSPS) is 17.1. The zero-order valence-corrected chi connectivity index (χ0v) is 10.1. The molecule has 2 rings (SSSR count). The number of hydrogen-bond donors (Lipinski definition) is 0. The molecule has 15 heavy (non-hydrogen) atoms. The average molecular weight is 244 g/mol. The van der Waals surface area contributed by atoms with Gasteiger partial charge in [0, 0.05) is 13.0 Å². The van der Waals surface area contributed by atoms with Crippen LogP contribution in [0.1, 0.15) is 28.9 Å². The van der Waals surface area contributed by atoms with Gasteiger partial charge in [0.2, 0.25) is 0 Å². The van der Waals surface area contributed by atoms with E-state index in [1.807, 2.05) is 6.07 Å². The first-order chi connectivity index (χ1) is 7.25. The van der Waals surface area contributed by atoms with Crippen LogP contribution in [-0.4, -0.2) is 30.3 Å². The molecule has 0 spiro atoms. The summed E-state index contributed by atoms with van der Waals surface area (Å²) in [5.74, 6) is 0.221. The molecular formula is C11H14ClNOS. The molecule has 0 atom stereocenters. The van der Waals surface area contributed by atoms with Crippen molar-refractivity contribution < 1.29 is 4.79 Å². The Hall–Kier alpha value is -0.380. The van der Waals surface area contributed by atoms with Gasteiger partial charge in [-0.3, -0.25) is 4.79 Å². The van der Waals surface area contributed by atoms with Crippen molar-refractivity contribution in [3.63, 3.8) is 0 Å². The van der Waals surface area contributed by atoms with E-state index in [-0.39, 0.29) is 5.78 Å². The first kappa shape index (κ1) is 11.1. The number of thiophene rings is 1. The Morgan fingerprint density at radius 3 is 2.73 bits per heavy atom. The molecule has 0 radical (unpaired) electrons. The molecule has 1 aliphatic rings. The Balaban J connectivity index is 1.81. The maximum atomic E-state index is 11.7. The van der Waals surface area contributed by atoms with Gasteiger partial charge in [-0.15, -0.1) is 11.3 Å². The van der Waals surface area contributed by atoms with Crippen LogP contribution in [0.15, 0.2) is 12.1 Å². The van der Waals surface area contributed by atoms with Crippen LogP contribution >= 0.6 is 22.9 Å². The minimum Gasteiger partial charge on any atom is -0.303 e. The SMILES string of the molecule is O=C(CCN1CCCC1)c1ccc(Cl)s1. The first-order valence-electron chi connectivity index (χ1n) is 5.26. The molecule has 1 aliphatic heterocycles. The van der Waals surface area contributed by atoms with Crippen LogP contribution in [0.5, 0.6) is 0 Å². The lowest BCUT2D eigenvalue weighted by Crippen LogP contribution is -2.22. The highest BCUT2D eigenvalue weighted by Crippen LogP contribution is 2.22. The number of ketones is 1. The van der Waals surface area contributed by atoms with Crippen molar-refractivity contribution in [2.24, 2.45) is 0 Å². The van der Waals surface area contributed by atoms with Crippen molar-refractivity contribution in [1.82, 2.24) is 4.90 Å². The van der Waals surface area contributed by atoms with Gasteiger partial charge in [-0.05, 0) is 38.1 Å². The molecule has 0 bridgehead atoms. The molecule has 0 aromatic carbocycles. The van der Waals surface area contributed by atoms with E-state index in [1.54, 1.807) is 6.07 Å². The van der Waals surface area contributed by atoms with E-state index in [1.165, 1.54) is 24.2 Å². The topological polar surface area (TPSA) is 20.3 Å². The maximum Gasteiger partial charge on any atom is 0.174 e. The fraction of sp³-hybridized carbons (Fsp3) is 0.545. The molecule has 4 heteroatoms. The fourth-order valence-corrected chi connectivity index (χ4v) is 2.86. The summed E-state index contributed by atoms with van der Waals surface area (Å²) in [6.45, 7) is 3.20. The van der Waals surface area contributed by atoms with E-state index in [2.05, 4.69) is 4.90 Å². The van der Waals surface area contributed by atoms with Gasteiger partial charge in [0.15, 0.2) is 5.78 Å². The summed E-state index contributed by atoms with van der Waals surface area (Å²) >= 11 is 7.16. The highest BCUT2D eigenvalue weighted by Gasteiger charge is 2.14. The minimum atomic E-state index is 0.221. The third-order valence-electron chi connectivity index (χ3n) is 2.70. The zero-order valence-electron chi connectivity index (χ0n) is 8.54. The number of carbonyl (C=O) groups is 1. The molecule has 0 N–H and O–H groups in total. The predicted molar refractivity (Wildman–Crippen MR) is 64.0 cm³/mol. The van der Waals surface area contributed by atoms with Crippen molar-refractivity contribution in [2.75, 3.05) is 19.6 Å². The lowest BCUT2D eigenvalue weighted by Gasteiger charge is -2.12. The molecule has 2 heterocycles. The Morgan fingerprint density at radius 1 is 1.40 bits per heavy atom. The maximum absolute atomic E-state index is 11.7. The number of rotatable bonds is 4. The van der Waals surface area contributed by atoms with Crippen molar-refractivity contribution in [1.29, 1.82) is 0 Å². The summed E-state index contributed by atoms with van der Waals surface area (Å²) in [6, 6.07) is 3.61. The standard InChI is InChI=1S/C11H14ClNOS/c12-11-4-3-10(15-11)9(14)5-8-13-6-1-2-7-13/h3-4H,1-2,5-8H2. The number of halogens is 1. The van der Waals surface area contributed by atoms with Crippen LogP contribution in [0, 0.1) is 0 Å². The summed E-state index contributed by atoms with van der Waals surface area (Å²) in [7, 11) is 0. The second-order valence-corrected chi connectivity index (χ2v) is 5.54. The fourth-order valence-electron chi connectivity index (χ4n) is 1.85. The Labute approximate surface area is 98.8 Å². The van der Waals surface area contributed by atoms with E-state index in [0.29, 0.717) is 10.8 Å². The molecular weight excluding hydrogens is 230 g/mol. The van der Waals surface area contributed by atoms with E-state index >= 15 is 0 Å². The summed E-state index contributed by atoms with van der Waals surface area (Å²) in [5, 5.41) is 0. The number of likely N-dealkylation sites (tertiary alicyclic amines) is 1. The first-order valence-corrected chi connectivity index (χ1v) is 6.46. The van der Waals surface area contributed by atoms with Crippen LogP contribution in [0.4, 0.5) is 0 Å². The van der Waals surface area contributed by atoms with Crippen LogP contribution in [0.3, 0.4) is 0 Å². The number of Topliss-reactive ketones (excluding diaryl/α,β-unsaturated/α-hetero) is 1. The van der Waals surface area contributed by atoms with Gasteiger partial charge < -0.3 is 4.90 Å². The predicted octanol–water partition coefficient (Wildman–Crippen LogP) is 3.07. The van der Waals surface area contributed by atoms with Gasteiger partial charge >= 0.3 is 0 Å². The number of carbonyl (C=O) groups excluding carboxylic acids is 1. The zero-order chi connectivity index (χ0) is 10.7. The third-order valence-corrected chi connectivity index (χ3v) is 3.97. The summed E-state index contributed by atoms with van der Waals surface area (Å²) in [6.07, 6.45) is 3.18. The van der Waals surface area contributed by atoms with Gasteiger partial charge in [-0.2, -0.15) is 0 Å². The summed E-state index contributed by atoms with van der Waals surface area (Å²) in [4.78, 5) is 14.9. The summed E-state index contributed by atoms with van der Waals surface area (Å²) < 4.78 is 0.694. The molecule has 1 aromatic heterocycles. The second kappa shape index (κ2) is 5.10. The van der Waals surface area contributed by atoms with E-state index in [9.17, 15) is 4.79 Å². The highest BCUT2D eigenvalue weighted by atomic mass is 35.5. The van der Waals surface area contributed by atoms with Gasteiger partial charge in [0.25, 0.3) is 0 Å². The minimum absolute atomic E-state index is 0.221. The third kappa shape index (κ3) is 3.03. The molecule has 0 amide bonds. The Bertz CT molecular complexity index is 344. The number of nitrogens with zero attached hydrogens (tertiary/aromatic N) is 1. The monoisotopic (exact) mass is 243 g/mol. The van der Waals surface area contributed by atoms with Crippen molar-refractivity contribution in [3.8, 4) is 0 Å². The Kier molecular flexibility index (Phi) is 3.78. The van der Waals surface area contributed by atoms with Crippen molar-refractivity contribution in [2.45, 2.75) is 19.3 Å². The Morgan fingerprint density at radius 2 is 2.13 bits per heavy atom. The summed E-state index contributed by atoms with van der Waals surface area (Å²) in [5.41, 5.74) is 0. The molecule has 1 fully saturated rings. The molecule has 0 aliphatic carbocycles. The van der Waals surface area contributed by atoms with Crippen LogP contribution < -0.4 is 0 Å². The molecule has 0 saturated carbocycles. The smallest absolute Gasteiger partial charge is 0.174 e. The molecule has 0 unspecified atom stereocenters. The lowest BCUT2D eigenvalue weighted by atomic mass is 10.2. The quantitative estimate of drug-likeness (QED) is 0.758. The van der Waals surface area contributed by atoms with E-state index in [4.69, 9.17) is 11.6 Å². The van der Waals surface area contributed by atoms with Crippen LogP contribution in [0.2, 0.25) is 4.34 Å². The van der Waals surface area contributed by atoms with Crippen molar-refractivity contribution >= 4 is 28.7 Å². The lowest BCUT2D eigenvalue weighted by molar-refractivity contribution is 0.0973. The van der Waals surface area contributed by atoms with Crippen LogP contribution in [0.25, 0.3) is 0 Å². The molecule has 82 valence electrons. The highest BCUT2D eigenvalue weighted by molar-refractivity contribution is 7.18. The van der Waals surface area contributed by atoms with Gasteiger partial charge in [-0.25, -0.2) is 0 Å². The van der Waals surface area contributed by atoms with Crippen molar-refractivity contribution in [3.05, 3.63) is 21.3 Å². The van der Waals surface area contributed by atoms with Gasteiger partial charge in [0.05, 0.1) is 9.21 Å². The van der Waals surface area contributed by atoms with Gasteiger partial charge in [0.1, 0.15) is 0 Å². The van der Waals surface area contributed by atoms with Crippen LogP contribution in [-0.2, 0) is 0 Å². The largest absolute Gasteiger partial charge is 0.303 e. The molecule has 1 saturated heterocycles. The average Bonchev–Trinajstić information content (AvgIpc) is 2.84. The van der Waals surface area contributed by atoms with Gasteiger partial charge in [-0.1, -0.05) is 11.6 Å². The molecule has 1 aromatic rings. The second-order valence-electron chi connectivity index (χ2n) is 3.83. The van der Waals surface area contributed by atoms with E-state index in [0.717, 1.165) is 24.5 Å². The number of hydrogen-bond acceptors (Lipinski definition) is 3. The van der Waals surface area contributed by atoms with E-state index < -0.39 is 0 Å². The molecule has 2 nitrogen and oxygen atoms in total.